The number of aryl methyl sites for hydroxylation is 2. The zero-order valence-corrected chi connectivity index (χ0v) is 22.6. The first-order chi connectivity index (χ1) is 19.2. The van der Waals surface area contributed by atoms with Crippen LogP contribution >= 0.6 is 11.3 Å². The third-order valence-corrected chi connectivity index (χ3v) is 9.99. The number of hydrogen-bond donors (Lipinski definition) is 3. The summed E-state index contributed by atoms with van der Waals surface area (Å²) in [5.41, 5.74) is 1.17. The summed E-state index contributed by atoms with van der Waals surface area (Å²) in [7, 11) is 1.56. The fourth-order valence-electron chi connectivity index (χ4n) is 5.92. The molecule has 4 atom stereocenters. The fourth-order valence-corrected chi connectivity index (χ4v) is 7.17. The Morgan fingerprint density at radius 3 is 2.77 bits per heavy atom. The maximum absolute atomic E-state index is 13.5. The van der Waals surface area contributed by atoms with Gasteiger partial charge in [0.05, 0.1) is 5.56 Å². The van der Waals surface area contributed by atoms with Gasteiger partial charge >= 0.3 is 0 Å². The van der Waals surface area contributed by atoms with Crippen molar-refractivity contribution in [3.63, 3.8) is 0 Å². The third kappa shape index (κ3) is 4.55. The number of carbonyl (C=O) groups excluding carboxylic acids is 2. The number of nitrogens with zero attached hydrogens (tertiary/aromatic N) is 5. The van der Waals surface area contributed by atoms with Crippen LogP contribution in [0.4, 0.5) is 29.9 Å². The van der Waals surface area contributed by atoms with E-state index in [-0.39, 0.29) is 47.3 Å². The topological polar surface area (TPSA) is 119 Å². The number of amides is 2. The Balaban J connectivity index is 1.14. The lowest BCUT2D eigenvalue weighted by atomic mass is 9.91. The molecule has 10 nitrogen and oxygen atoms in total. The zero-order chi connectivity index (χ0) is 27.8. The summed E-state index contributed by atoms with van der Waals surface area (Å²) in [5.74, 6) is 0.240. The minimum Gasteiger partial charge on any atom is -0.352 e. The molecule has 3 N–H and O–H groups in total. The number of carbonyl (C=O) groups is 2. The number of nitrogens with one attached hydrogen (secondary N) is 3. The van der Waals surface area contributed by atoms with Crippen LogP contribution in [0.15, 0.2) is 12.4 Å². The number of aromatic nitrogens is 5. The fraction of sp³-hybridized carbons (Fsp3) is 0.577. The van der Waals surface area contributed by atoms with E-state index in [4.69, 9.17) is 0 Å². The number of anilines is 3. The Hall–Kier alpha value is -3.42. The molecular formula is C26H29F3N8O2S. The van der Waals surface area contributed by atoms with Crippen molar-refractivity contribution in [1.29, 1.82) is 0 Å². The highest BCUT2D eigenvalue weighted by molar-refractivity contribution is 7.17. The van der Waals surface area contributed by atoms with Crippen LogP contribution in [0.2, 0.25) is 0 Å². The maximum Gasteiger partial charge on any atom is 0.282 e. The predicted molar refractivity (Wildman–Crippen MR) is 141 cm³/mol. The van der Waals surface area contributed by atoms with Gasteiger partial charge in [0, 0.05) is 42.4 Å². The molecule has 1 spiro atoms. The molecule has 40 heavy (non-hydrogen) atoms. The van der Waals surface area contributed by atoms with E-state index in [0.717, 1.165) is 36.1 Å². The molecule has 0 aromatic carbocycles. The summed E-state index contributed by atoms with van der Waals surface area (Å²) >= 11 is 1.44. The molecule has 2 amide bonds. The van der Waals surface area contributed by atoms with Gasteiger partial charge in [-0.3, -0.25) is 18.8 Å². The lowest BCUT2D eigenvalue weighted by Gasteiger charge is -2.25. The lowest BCUT2D eigenvalue weighted by molar-refractivity contribution is -0.117. The van der Waals surface area contributed by atoms with Crippen molar-refractivity contribution in [3.05, 3.63) is 34.1 Å². The number of thiophene rings is 1. The largest absolute Gasteiger partial charge is 0.352 e. The summed E-state index contributed by atoms with van der Waals surface area (Å²) < 4.78 is 42.9. The van der Waals surface area contributed by atoms with E-state index >= 15 is 0 Å². The minimum absolute atomic E-state index is 0.0114. The van der Waals surface area contributed by atoms with Crippen LogP contribution in [0.1, 0.15) is 71.1 Å². The van der Waals surface area contributed by atoms with Gasteiger partial charge in [0.25, 0.3) is 12.3 Å². The zero-order valence-electron chi connectivity index (χ0n) is 21.8. The van der Waals surface area contributed by atoms with Crippen LogP contribution in [0.5, 0.6) is 0 Å². The van der Waals surface area contributed by atoms with Gasteiger partial charge < -0.3 is 16.0 Å². The highest BCUT2D eigenvalue weighted by atomic mass is 32.1. The molecule has 4 aliphatic carbocycles. The Bertz CT molecular complexity index is 1490. The average molecular weight is 575 g/mol. The quantitative estimate of drug-likeness (QED) is 0.351. The molecular weight excluding hydrogens is 545 g/mol. The van der Waals surface area contributed by atoms with Gasteiger partial charge in [0.15, 0.2) is 0 Å². The van der Waals surface area contributed by atoms with E-state index in [1.165, 1.54) is 22.1 Å². The second-order valence-electron chi connectivity index (χ2n) is 11.5. The van der Waals surface area contributed by atoms with Crippen molar-refractivity contribution in [2.24, 2.45) is 24.3 Å². The highest BCUT2D eigenvalue weighted by Crippen LogP contribution is 2.70. The Morgan fingerprint density at radius 2 is 2.10 bits per heavy atom. The van der Waals surface area contributed by atoms with Crippen molar-refractivity contribution >= 4 is 39.9 Å². The van der Waals surface area contributed by atoms with Gasteiger partial charge in [-0.1, -0.05) is 0 Å². The molecule has 14 heteroatoms. The smallest absolute Gasteiger partial charge is 0.282 e. The molecule has 212 valence electrons. The predicted octanol–water partition coefficient (Wildman–Crippen LogP) is 4.31. The maximum atomic E-state index is 13.5. The van der Waals surface area contributed by atoms with E-state index in [2.05, 4.69) is 31.2 Å². The van der Waals surface area contributed by atoms with E-state index in [0.29, 0.717) is 41.6 Å². The van der Waals surface area contributed by atoms with E-state index in [9.17, 15) is 22.8 Å². The van der Waals surface area contributed by atoms with E-state index in [1.807, 2.05) is 4.57 Å². The summed E-state index contributed by atoms with van der Waals surface area (Å²) in [6.45, 7) is 0.262. The molecule has 0 bridgehead atoms. The van der Waals surface area contributed by atoms with Crippen molar-refractivity contribution in [2.45, 2.75) is 63.6 Å². The van der Waals surface area contributed by atoms with Crippen LogP contribution < -0.4 is 16.0 Å². The summed E-state index contributed by atoms with van der Waals surface area (Å²) in [6, 6.07) is 1.15. The molecule has 3 aromatic heterocycles. The Labute approximate surface area is 231 Å². The van der Waals surface area contributed by atoms with Crippen molar-refractivity contribution in [1.82, 2.24) is 29.9 Å². The number of rotatable bonds is 9. The molecule has 0 saturated heterocycles. The molecule has 3 aromatic rings. The first-order valence-electron chi connectivity index (χ1n) is 13.6. The van der Waals surface area contributed by atoms with Crippen LogP contribution in [0, 0.1) is 17.3 Å². The van der Waals surface area contributed by atoms with Gasteiger partial charge in [-0.05, 0) is 55.9 Å². The standard InChI is InChI=1S/C26H29F3N8O2S/c1-36-19(8-17(35-36)21(28)29)32-25-34-31-11-37(25)13-2-3-18-14(7-13)20(23(39)30-10-12-6-16(12)27)24(40-18)33-22(38)15-9-26(15)4-5-26/h8,11-13,15-16,21H,2-7,9-10H2,1H3,(H,30,39)(H,32,34)(H,33,38)/t12-,13+,15-,16-/m1/s1. The molecule has 3 fully saturated rings. The molecule has 0 radical (unpaired) electrons. The van der Waals surface area contributed by atoms with Gasteiger partial charge in [-0.15, -0.1) is 21.5 Å². The second kappa shape index (κ2) is 9.32. The summed E-state index contributed by atoms with van der Waals surface area (Å²) in [4.78, 5) is 27.5. The van der Waals surface area contributed by atoms with Crippen molar-refractivity contribution < 1.29 is 22.8 Å². The van der Waals surface area contributed by atoms with Crippen LogP contribution in [-0.2, 0) is 24.7 Å². The van der Waals surface area contributed by atoms with Crippen LogP contribution in [-0.4, -0.2) is 49.1 Å². The van der Waals surface area contributed by atoms with E-state index < -0.39 is 12.6 Å². The molecule has 3 heterocycles. The Kier molecular flexibility index (Phi) is 5.95. The van der Waals surface area contributed by atoms with Gasteiger partial charge in [-0.2, -0.15) is 5.10 Å². The van der Waals surface area contributed by atoms with Gasteiger partial charge in [0.1, 0.15) is 29.0 Å². The number of halogens is 3. The highest BCUT2D eigenvalue weighted by Gasteiger charge is 2.65. The van der Waals surface area contributed by atoms with Gasteiger partial charge in [-0.25, -0.2) is 13.2 Å². The SMILES string of the molecule is Cn1nc(C(F)F)cc1Nc1nncn1[C@H]1CCc2sc(NC(=O)[C@H]3CC34CC4)c(C(=O)NC[C@H]3C[C@H]3F)c2C1. The summed E-state index contributed by atoms with van der Waals surface area (Å²) in [6.07, 6.45) is 3.46. The molecule has 0 aliphatic heterocycles. The van der Waals surface area contributed by atoms with Crippen LogP contribution in [0.25, 0.3) is 0 Å². The van der Waals surface area contributed by atoms with E-state index in [1.54, 1.807) is 13.4 Å². The monoisotopic (exact) mass is 574 g/mol. The molecule has 3 saturated carbocycles. The van der Waals surface area contributed by atoms with Gasteiger partial charge in [0.2, 0.25) is 11.9 Å². The minimum atomic E-state index is -2.69. The lowest BCUT2D eigenvalue weighted by Crippen LogP contribution is -2.29. The molecule has 7 rings (SSSR count). The third-order valence-electron chi connectivity index (χ3n) is 8.79. The Morgan fingerprint density at radius 1 is 1.30 bits per heavy atom. The number of hydrogen-bond acceptors (Lipinski definition) is 7. The second-order valence-corrected chi connectivity index (χ2v) is 12.6. The first-order valence-corrected chi connectivity index (χ1v) is 14.4. The molecule has 4 aliphatic rings. The summed E-state index contributed by atoms with van der Waals surface area (Å²) in [5, 5.41) is 21.6. The van der Waals surface area contributed by atoms with Crippen molar-refractivity contribution in [3.8, 4) is 0 Å². The number of fused-ring (bicyclic) bond motifs is 1. The number of alkyl halides is 3. The first kappa shape index (κ1) is 25.5. The normalized spacial score (nSPS) is 25.5. The molecule has 0 unspecified atom stereocenters. The average Bonchev–Trinajstić information content (AvgIpc) is 3.86. The van der Waals surface area contributed by atoms with Crippen molar-refractivity contribution in [2.75, 3.05) is 17.2 Å². The van der Waals surface area contributed by atoms with Crippen LogP contribution in [0.3, 0.4) is 0 Å².